The molecule has 6 nitrogen and oxygen atoms in total. The Kier molecular flexibility index (Phi) is 4.41. The van der Waals surface area contributed by atoms with Crippen LogP contribution in [0.15, 0.2) is 18.2 Å². The monoisotopic (exact) mass is 318 g/mol. The van der Waals surface area contributed by atoms with Crippen molar-refractivity contribution in [1.29, 1.82) is 0 Å². The molecule has 1 saturated heterocycles. The quantitative estimate of drug-likeness (QED) is 0.827. The Hall–Kier alpha value is -2.24. The number of amides is 2. The molecule has 0 bridgehead atoms. The van der Waals surface area contributed by atoms with Gasteiger partial charge in [-0.25, -0.2) is 0 Å². The van der Waals surface area contributed by atoms with Crippen molar-refractivity contribution in [3.8, 4) is 11.5 Å². The van der Waals surface area contributed by atoms with Crippen LogP contribution in [0.25, 0.3) is 0 Å². The van der Waals surface area contributed by atoms with Crippen LogP contribution in [0.4, 0.5) is 0 Å². The molecule has 0 spiro atoms. The Morgan fingerprint density at radius 2 is 1.57 bits per heavy atom. The van der Waals surface area contributed by atoms with Crippen LogP contribution < -0.4 is 9.47 Å². The van der Waals surface area contributed by atoms with Gasteiger partial charge in [0.25, 0.3) is 5.91 Å². The highest BCUT2D eigenvalue weighted by atomic mass is 16.6. The molecule has 0 aromatic heterocycles. The van der Waals surface area contributed by atoms with Gasteiger partial charge in [0.15, 0.2) is 11.5 Å². The average Bonchev–Trinajstić information content (AvgIpc) is 2.60. The summed E-state index contributed by atoms with van der Waals surface area (Å²) in [5, 5.41) is 0. The van der Waals surface area contributed by atoms with E-state index in [0.29, 0.717) is 56.5 Å². The molecule has 2 aliphatic rings. The van der Waals surface area contributed by atoms with Gasteiger partial charge in [-0.15, -0.1) is 0 Å². The maximum Gasteiger partial charge on any atom is 0.254 e. The molecule has 0 N–H and O–H groups in total. The van der Waals surface area contributed by atoms with E-state index in [2.05, 4.69) is 0 Å². The fourth-order valence-electron chi connectivity index (χ4n) is 2.85. The van der Waals surface area contributed by atoms with Gasteiger partial charge in [-0.3, -0.25) is 9.59 Å². The molecular weight excluding hydrogens is 296 g/mol. The molecule has 2 amide bonds. The van der Waals surface area contributed by atoms with Gasteiger partial charge in [0.1, 0.15) is 13.2 Å². The standard InChI is InChI=1S/C17H22N2O4/c1-12(2)16(20)18-5-7-19(8-6-18)17(21)13-3-4-14-15(11-13)23-10-9-22-14/h3-4,11-12H,5-10H2,1-2H3. The van der Waals surface area contributed by atoms with E-state index in [-0.39, 0.29) is 17.7 Å². The van der Waals surface area contributed by atoms with E-state index in [0.717, 1.165) is 0 Å². The molecule has 1 aromatic rings. The number of carbonyl (C=O) groups excluding carboxylic acids is 2. The first-order chi connectivity index (χ1) is 11.1. The summed E-state index contributed by atoms with van der Waals surface area (Å²) in [6, 6.07) is 5.28. The Bertz CT molecular complexity index is 607. The van der Waals surface area contributed by atoms with Crippen molar-refractivity contribution >= 4 is 11.8 Å². The maximum absolute atomic E-state index is 12.6. The second-order valence-electron chi connectivity index (χ2n) is 6.13. The number of fused-ring (bicyclic) bond motifs is 1. The first-order valence-electron chi connectivity index (χ1n) is 8.04. The lowest BCUT2D eigenvalue weighted by molar-refractivity contribution is -0.135. The van der Waals surface area contributed by atoms with Crippen LogP contribution >= 0.6 is 0 Å². The number of rotatable bonds is 2. The summed E-state index contributed by atoms with van der Waals surface area (Å²) in [6.45, 7) is 7.13. The van der Waals surface area contributed by atoms with E-state index < -0.39 is 0 Å². The van der Waals surface area contributed by atoms with Gasteiger partial charge < -0.3 is 19.3 Å². The Balaban J connectivity index is 1.64. The van der Waals surface area contributed by atoms with Gasteiger partial charge >= 0.3 is 0 Å². The number of hydrogen-bond acceptors (Lipinski definition) is 4. The molecule has 0 radical (unpaired) electrons. The Morgan fingerprint density at radius 3 is 2.22 bits per heavy atom. The lowest BCUT2D eigenvalue weighted by Gasteiger charge is -2.35. The molecule has 23 heavy (non-hydrogen) atoms. The van der Waals surface area contributed by atoms with Gasteiger partial charge in [-0.05, 0) is 18.2 Å². The van der Waals surface area contributed by atoms with E-state index in [1.807, 2.05) is 18.7 Å². The van der Waals surface area contributed by atoms with Crippen molar-refractivity contribution in [2.45, 2.75) is 13.8 Å². The molecule has 2 aliphatic heterocycles. The van der Waals surface area contributed by atoms with Gasteiger partial charge in [0, 0.05) is 37.7 Å². The molecule has 2 heterocycles. The Morgan fingerprint density at radius 1 is 0.957 bits per heavy atom. The molecule has 1 fully saturated rings. The van der Waals surface area contributed by atoms with Crippen molar-refractivity contribution in [2.75, 3.05) is 39.4 Å². The summed E-state index contributed by atoms with van der Waals surface area (Å²) in [5.74, 6) is 1.42. The first kappa shape index (κ1) is 15.6. The van der Waals surface area contributed by atoms with Gasteiger partial charge in [0.05, 0.1) is 0 Å². The molecule has 124 valence electrons. The van der Waals surface area contributed by atoms with E-state index in [1.54, 1.807) is 23.1 Å². The number of piperazine rings is 1. The van der Waals surface area contributed by atoms with Crippen molar-refractivity contribution < 1.29 is 19.1 Å². The average molecular weight is 318 g/mol. The third kappa shape index (κ3) is 3.25. The van der Waals surface area contributed by atoms with Crippen molar-refractivity contribution in [3.05, 3.63) is 23.8 Å². The summed E-state index contributed by atoms with van der Waals surface area (Å²) in [7, 11) is 0. The minimum Gasteiger partial charge on any atom is -0.486 e. The number of ether oxygens (including phenoxy) is 2. The number of nitrogens with zero attached hydrogens (tertiary/aromatic N) is 2. The summed E-state index contributed by atoms with van der Waals surface area (Å²) >= 11 is 0. The summed E-state index contributed by atoms with van der Waals surface area (Å²) < 4.78 is 11.0. The normalized spacial score (nSPS) is 17.3. The van der Waals surface area contributed by atoms with E-state index >= 15 is 0 Å². The summed E-state index contributed by atoms with van der Waals surface area (Å²) in [6.07, 6.45) is 0. The molecule has 3 rings (SSSR count). The topological polar surface area (TPSA) is 59.1 Å². The Labute approximate surface area is 136 Å². The molecular formula is C17H22N2O4. The molecule has 0 aliphatic carbocycles. The zero-order chi connectivity index (χ0) is 16.4. The van der Waals surface area contributed by atoms with Crippen molar-refractivity contribution in [2.24, 2.45) is 5.92 Å². The first-order valence-corrected chi connectivity index (χ1v) is 8.04. The zero-order valence-corrected chi connectivity index (χ0v) is 13.6. The van der Waals surface area contributed by atoms with Gasteiger partial charge in [-0.1, -0.05) is 13.8 Å². The van der Waals surface area contributed by atoms with Gasteiger partial charge in [0.2, 0.25) is 5.91 Å². The minimum atomic E-state index is -0.0291. The lowest BCUT2D eigenvalue weighted by Crippen LogP contribution is -2.51. The maximum atomic E-state index is 12.6. The van der Waals surface area contributed by atoms with Crippen LogP contribution in [-0.4, -0.2) is 61.0 Å². The van der Waals surface area contributed by atoms with Crippen LogP contribution in [-0.2, 0) is 4.79 Å². The molecule has 0 atom stereocenters. The highest BCUT2D eigenvalue weighted by molar-refractivity contribution is 5.95. The number of hydrogen-bond donors (Lipinski definition) is 0. The zero-order valence-electron chi connectivity index (χ0n) is 13.6. The van der Waals surface area contributed by atoms with Crippen molar-refractivity contribution in [3.63, 3.8) is 0 Å². The number of carbonyl (C=O) groups is 2. The van der Waals surface area contributed by atoms with Crippen LogP contribution in [0.2, 0.25) is 0 Å². The van der Waals surface area contributed by atoms with Crippen LogP contribution in [0.1, 0.15) is 24.2 Å². The fraction of sp³-hybridized carbons (Fsp3) is 0.529. The van der Waals surface area contributed by atoms with Gasteiger partial charge in [-0.2, -0.15) is 0 Å². The van der Waals surface area contributed by atoms with E-state index in [9.17, 15) is 9.59 Å². The molecule has 6 heteroatoms. The van der Waals surface area contributed by atoms with E-state index in [1.165, 1.54) is 0 Å². The third-order valence-electron chi connectivity index (χ3n) is 4.16. The second-order valence-corrected chi connectivity index (χ2v) is 6.13. The van der Waals surface area contributed by atoms with Crippen LogP contribution in [0, 0.1) is 5.92 Å². The largest absolute Gasteiger partial charge is 0.486 e. The number of benzene rings is 1. The molecule has 0 unspecified atom stereocenters. The summed E-state index contributed by atoms with van der Waals surface area (Å²) in [4.78, 5) is 28.2. The highest BCUT2D eigenvalue weighted by Gasteiger charge is 2.26. The molecule has 1 aromatic carbocycles. The van der Waals surface area contributed by atoms with Crippen LogP contribution in [0.3, 0.4) is 0 Å². The predicted octanol–water partition coefficient (Wildman–Crippen LogP) is 1.40. The predicted molar refractivity (Wildman–Crippen MR) is 84.8 cm³/mol. The fourth-order valence-corrected chi connectivity index (χ4v) is 2.85. The summed E-state index contributed by atoms with van der Waals surface area (Å²) in [5.41, 5.74) is 0.595. The second kappa shape index (κ2) is 6.48. The third-order valence-corrected chi connectivity index (χ3v) is 4.16. The minimum absolute atomic E-state index is 0.00459. The van der Waals surface area contributed by atoms with Crippen molar-refractivity contribution in [1.82, 2.24) is 9.80 Å². The highest BCUT2D eigenvalue weighted by Crippen LogP contribution is 2.31. The SMILES string of the molecule is CC(C)C(=O)N1CCN(C(=O)c2ccc3c(c2)OCCO3)CC1. The molecule has 0 saturated carbocycles. The lowest BCUT2D eigenvalue weighted by atomic mass is 10.1. The van der Waals surface area contributed by atoms with E-state index in [4.69, 9.17) is 9.47 Å². The smallest absolute Gasteiger partial charge is 0.254 e. The van der Waals surface area contributed by atoms with Crippen LogP contribution in [0.5, 0.6) is 11.5 Å².